The zero-order valence-electron chi connectivity index (χ0n) is 10.2. The molecule has 0 aromatic carbocycles. The van der Waals surface area contributed by atoms with Crippen LogP contribution in [0.4, 0.5) is 0 Å². The minimum absolute atomic E-state index is 0.0644. The minimum Gasteiger partial charge on any atom is -0.373 e. The average molecular weight is 259 g/mol. The summed E-state index contributed by atoms with van der Waals surface area (Å²) in [6, 6.07) is -0.102. The standard InChI is InChI=1S/C11H19ClN4O/c1-3-16-11(8(12)6-14-16)10(15-13)9-5-4-7(2)17-9/h6-7,9-10,15H,3-5,13H2,1-2H3. The van der Waals surface area contributed by atoms with Crippen LogP contribution in [-0.4, -0.2) is 22.0 Å². The van der Waals surface area contributed by atoms with Crippen molar-refractivity contribution in [2.45, 2.75) is 51.5 Å². The van der Waals surface area contributed by atoms with E-state index < -0.39 is 0 Å². The number of hydrogen-bond donors (Lipinski definition) is 2. The van der Waals surface area contributed by atoms with Gasteiger partial charge in [-0.15, -0.1) is 0 Å². The number of nitrogens with one attached hydrogen (secondary N) is 1. The lowest BCUT2D eigenvalue weighted by Gasteiger charge is -2.24. The van der Waals surface area contributed by atoms with Gasteiger partial charge in [0.25, 0.3) is 0 Å². The number of hydrazine groups is 1. The number of aryl methyl sites for hydroxylation is 1. The van der Waals surface area contributed by atoms with Crippen molar-refractivity contribution in [2.75, 3.05) is 0 Å². The fraction of sp³-hybridized carbons (Fsp3) is 0.727. The van der Waals surface area contributed by atoms with E-state index in [4.69, 9.17) is 22.2 Å². The van der Waals surface area contributed by atoms with Crippen molar-refractivity contribution in [2.24, 2.45) is 5.84 Å². The number of ether oxygens (including phenoxy) is 1. The Balaban J connectivity index is 2.25. The zero-order chi connectivity index (χ0) is 12.4. The quantitative estimate of drug-likeness (QED) is 0.636. The normalized spacial score (nSPS) is 26.4. The van der Waals surface area contributed by atoms with Gasteiger partial charge in [-0.1, -0.05) is 11.6 Å². The van der Waals surface area contributed by atoms with Crippen LogP contribution < -0.4 is 11.3 Å². The van der Waals surface area contributed by atoms with Crippen LogP contribution in [0.1, 0.15) is 38.4 Å². The maximum Gasteiger partial charge on any atom is 0.0905 e. The van der Waals surface area contributed by atoms with Crippen molar-refractivity contribution in [3.05, 3.63) is 16.9 Å². The van der Waals surface area contributed by atoms with Gasteiger partial charge in [-0.3, -0.25) is 10.5 Å². The molecule has 6 heteroatoms. The van der Waals surface area contributed by atoms with E-state index in [1.807, 2.05) is 11.6 Å². The third kappa shape index (κ3) is 2.47. The van der Waals surface area contributed by atoms with Crippen LogP contribution in [0.3, 0.4) is 0 Å². The summed E-state index contributed by atoms with van der Waals surface area (Å²) < 4.78 is 7.71. The lowest BCUT2D eigenvalue weighted by Crippen LogP contribution is -2.38. The fourth-order valence-electron chi connectivity index (χ4n) is 2.37. The average Bonchev–Trinajstić information content (AvgIpc) is 2.89. The van der Waals surface area contributed by atoms with Crippen LogP contribution >= 0.6 is 11.6 Å². The molecular formula is C11H19ClN4O. The van der Waals surface area contributed by atoms with Crippen LogP contribution in [0.25, 0.3) is 0 Å². The molecule has 0 saturated carbocycles. The maximum atomic E-state index is 6.18. The lowest BCUT2D eigenvalue weighted by atomic mass is 10.0. The van der Waals surface area contributed by atoms with Crippen LogP contribution in [0.15, 0.2) is 6.20 Å². The molecular weight excluding hydrogens is 240 g/mol. The number of aromatic nitrogens is 2. The van der Waals surface area contributed by atoms with Gasteiger partial charge in [-0.2, -0.15) is 5.10 Å². The second kappa shape index (κ2) is 5.35. The number of halogens is 1. The molecule has 0 bridgehead atoms. The molecule has 0 amide bonds. The molecule has 17 heavy (non-hydrogen) atoms. The van der Waals surface area contributed by atoms with Gasteiger partial charge in [-0.05, 0) is 26.7 Å². The SMILES string of the molecule is CCn1ncc(Cl)c1C(NN)C1CCC(C)O1. The summed E-state index contributed by atoms with van der Waals surface area (Å²) in [5, 5.41) is 4.86. The van der Waals surface area contributed by atoms with E-state index in [9.17, 15) is 0 Å². The molecule has 1 aliphatic rings. The highest BCUT2D eigenvalue weighted by molar-refractivity contribution is 6.31. The number of nitrogens with two attached hydrogens (primary N) is 1. The van der Waals surface area contributed by atoms with Crippen LogP contribution in [-0.2, 0) is 11.3 Å². The Hall–Kier alpha value is -0.620. The Labute approximate surface area is 106 Å². The summed E-state index contributed by atoms with van der Waals surface area (Å²) in [5.74, 6) is 5.65. The summed E-state index contributed by atoms with van der Waals surface area (Å²) >= 11 is 6.18. The first-order valence-corrected chi connectivity index (χ1v) is 6.38. The predicted octanol–water partition coefficient (Wildman–Crippen LogP) is 1.63. The Morgan fingerprint density at radius 1 is 1.71 bits per heavy atom. The van der Waals surface area contributed by atoms with E-state index >= 15 is 0 Å². The molecule has 5 nitrogen and oxygen atoms in total. The van der Waals surface area contributed by atoms with Gasteiger partial charge in [0.15, 0.2) is 0 Å². The Bertz CT molecular complexity index is 382. The minimum atomic E-state index is -0.102. The highest BCUT2D eigenvalue weighted by Gasteiger charge is 2.33. The number of rotatable bonds is 4. The zero-order valence-corrected chi connectivity index (χ0v) is 10.9. The fourth-order valence-corrected chi connectivity index (χ4v) is 2.63. The molecule has 1 fully saturated rings. The van der Waals surface area contributed by atoms with E-state index in [-0.39, 0.29) is 18.2 Å². The summed E-state index contributed by atoms with van der Waals surface area (Å²) in [7, 11) is 0. The Morgan fingerprint density at radius 2 is 2.47 bits per heavy atom. The monoisotopic (exact) mass is 258 g/mol. The molecule has 0 spiro atoms. The van der Waals surface area contributed by atoms with Crippen molar-refractivity contribution in [1.82, 2.24) is 15.2 Å². The van der Waals surface area contributed by atoms with Crippen molar-refractivity contribution in [3.63, 3.8) is 0 Å². The van der Waals surface area contributed by atoms with E-state index in [0.717, 1.165) is 25.1 Å². The lowest BCUT2D eigenvalue weighted by molar-refractivity contribution is 0.0296. The van der Waals surface area contributed by atoms with E-state index in [2.05, 4.69) is 17.4 Å². The van der Waals surface area contributed by atoms with E-state index in [0.29, 0.717) is 5.02 Å². The molecule has 3 unspecified atom stereocenters. The van der Waals surface area contributed by atoms with Crippen LogP contribution in [0.5, 0.6) is 0 Å². The molecule has 2 heterocycles. The molecule has 0 aliphatic carbocycles. The second-order valence-corrected chi connectivity index (χ2v) is 4.81. The molecule has 1 aromatic heterocycles. The summed E-state index contributed by atoms with van der Waals surface area (Å²) in [6.07, 6.45) is 4.05. The van der Waals surface area contributed by atoms with Crippen molar-refractivity contribution >= 4 is 11.6 Å². The highest BCUT2D eigenvalue weighted by atomic mass is 35.5. The molecule has 0 radical (unpaired) electrons. The third-order valence-corrected chi connectivity index (χ3v) is 3.53. The first kappa shape index (κ1) is 12.8. The second-order valence-electron chi connectivity index (χ2n) is 4.40. The Kier molecular flexibility index (Phi) is 4.04. The van der Waals surface area contributed by atoms with E-state index in [1.54, 1.807) is 6.20 Å². The summed E-state index contributed by atoms with van der Waals surface area (Å²) in [5.41, 5.74) is 3.72. The largest absolute Gasteiger partial charge is 0.373 e. The van der Waals surface area contributed by atoms with Gasteiger partial charge in [0.2, 0.25) is 0 Å². The van der Waals surface area contributed by atoms with Gasteiger partial charge in [0, 0.05) is 6.54 Å². The van der Waals surface area contributed by atoms with Crippen LogP contribution in [0, 0.1) is 0 Å². The molecule has 1 aliphatic heterocycles. The smallest absolute Gasteiger partial charge is 0.0905 e. The van der Waals surface area contributed by atoms with Gasteiger partial charge in [-0.25, -0.2) is 5.43 Å². The van der Waals surface area contributed by atoms with Crippen molar-refractivity contribution < 1.29 is 4.74 Å². The van der Waals surface area contributed by atoms with Gasteiger partial charge < -0.3 is 4.74 Å². The Morgan fingerprint density at radius 3 is 3.00 bits per heavy atom. The van der Waals surface area contributed by atoms with Crippen molar-refractivity contribution in [1.29, 1.82) is 0 Å². The summed E-state index contributed by atoms with van der Waals surface area (Å²) in [4.78, 5) is 0. The van der Waals surface area contributed by atoms with Gasteiger partial charge in [0.05, 0.1) is 35.2 Å². The van der Waals surface area contributed by atoms with Gasteiger partial charge in [0.1, 0.15) is 0 Å². The summed E-state index contributed by atoms with van der Waals surface area (Å²) in [6.45, 7) is 4.87. The first-order chi connectivity index (χ1) is 8.17. The number of hydrogen-bond acceptors (Lipinski definition) is 4. The van der Waals surface area contributed by atoms with Crippen molar-refractivity contribution in [3.8, 4) is 0 Å². The molecule has 3 N–H and O–H groups in total. The molecule has 96 valence electrons. The highest BCUT2D eigenvalue weighted by Crippen LogP contribution is 2.32. The molecule has 1 aromatic rings. The topological polar surface area (TPSA) is 65.1 Å². The van der Waals surface area contributed by atoms with Gasteiger partial charge >= 0.3 is 0 Å². The first-order valence-electron chi connectivity index (χ1n) is 6.00. The molecule has 3 atom stereocenters. The number of nitrogens with zero attached hydrogens (tertiary/aromatic N) is 2. The molecule has 2 rings (SSSR count). The maximum absolute atomic E-state index is 6.18. The predicted molar refractivity (Wildman–Crippen MR) is 66.5 cm³/mol. The van der Waals surface area contributed by atoms with Crippen LogP contribution in [0.2, 0.25) is 5.02 Å². The van der Waals surface area contributed by atoms with E-state index in [1.165, 1.54) is 0 Å². The molecule has 1 saturated heterocycles. The third-order valence-electron chi connectivity index (χ3n) is 3.24.